The third-order valence-electron chi connectivity index (χ3n) is 4.99. The smallest absolute Gasteiger partial charge is 0.252 e. The summed E-state index contributed by atoms with van der Waals surface area (Å²) < 4.78 is 11.4. The number of hydrogen-bond donors (Lipinski definition) is 1. The summed E-state index contributed by atoms with van der Waals surface area (Å²) in [5.41, 5.74) is 6.42. The molecule has 0 aromatic heterocycles. The van der Waals surface area contributed by atoms with Crippen LogP contribution in [0.2, 0.25) is 0 Å². The Kier molecular flexibility index (Phi) is 9.29. The lowest BCUT2D eigenvalue weighted by molar-refractivity contribution is 0.0993. The third-order valence-corrected chi connectivity index (χ3v) is 5.87. The molecule has 37 heavy (non-hydrogen) atoms. The van der Waals surface area contributed by atoms with E-state index in [1.54, 1.807) is 18.2 Å². The highest BCUT2D eigenvalue weighted by molar-refractivity contribution is 6.69. The van der Waals surface area contributed by atoms with Crippen LogP contribution in [0, 0.1) is 0 Å². The van der Waals surface area contributed by atoms with Gasteiger partial charge in [0.1, 0.15) is 24.7 Å². The minimum atomic E-state index is -0.819. The van der Waals surface area contributed by atoms with Crippen molar-refractivity contribution in [1.82, 2.24) is 0 Å². The molecule has 0 aliphatic heterocycles. The Bertz CT molecular complexity index is 1280. The zero-order valence-electron chi connectivity index (χ0n) is 18.6. The lowest BCUT2D eigenvalue weighted by Gasteiger charge is -2.15. The number of primary amides is 1. The molecule has 8 nitrogen and oxygen atoms in total. The van der Waals surface area contributed by atoms with E-state index in [-0.39, 0.29) is 52.5 Å². The van der Waals surface area contributed by atoms with Crippen molar-refractivity contribution < 1.29 is 33.4 Å². The van der Waals surface area contributed by atoms with E-state index >= 15 is 0 Å². The molecule has 0 heterocycles. The van der Waals surface area contributed by atoms with Gasteiger partial charge < -0.3 is 15.2 Å². The van der Waals surface area contributed by atoms with Crippen molar-refractivity contribution in [3.05, 3.63) is 93.5 Å². The molecule has 0 spiro atoms. The molecule has 0 bridgehead atoms. The van der Waals surface area contributed by atoms with Crippen molar-refractivity contribution in [1.29, 1.82) is 0 Å². The van der Waals surface area contributed by atoms with Crippen LogP contribution in [0.25, 0.3) is 0 Å². The molecule has 190 valence electrons. The molecule has 0 unspecified atom stereocenters. The third kappa shape index (κ3) is 7.30. The van der Waals surface area contributed by atoms with Crippen LogP contribution in [0.3, 0.4) is 0 Å². The van der Waals surface area contributed by atoms with Crippen molar-refractivity contribution in [3.63, 3.8) is 0 Å². The van der Waals surface area contributed by atoms with E-state index in [0.717, 1.165) is 0 Å². The summed E-state index contributed by atoms with van der Waals surface area (Å²) in [6.07, 6.45) is 0. The molecule has 0 aliphatic carbocycles. The molecule has 0 atom stereocenters. The van der Waals surface area contributed by atoms with Crippen LogP contribution in [0.4, 0.5) is 0 Å². The molecule has 0 fully saturated rings. The van der Waals surface area contributed by atoms with Crippen molar-refractivity contribution in [2.75, 3.05) is 0 Å². The molecule has 0 saturated carbocycles. The summed E-state index contributed by atoms with van der Waals surface area (Å²) in [5.74, 6) is -0.567. The van der Waals surface area contributed by atoms with E-state index in [4.69, 9.17) is 61.6 Å². The first-order valence-electron chi connectivity index (χ1n) is 10.2. The van der Waals surface area contributed by atoms with Crippen LogP contribution in [0.15, 0.2) is 54.6 Å². The number of benzene rings is 3. The van der Waals surface area contributed by atoms with Gasteiger partial charge in [0.05, 0.1) is 5.56 Å². The maximum atomic E-state index is 12.3. The highest BCUT2D eigenvalue weighted by Gasteiger charge is 2.17. The number of amides is 1. The fourth-order valence-corrected chi connectivity index (χ4v) is 3.79. The van der Waals surface area contributed by atoms with Gasteiger partial charge in [0.15, 0.2) is 0 Å². The molecular weight excluding hydrogens is 568 g/mol. The second-order valence-electron chi connectivity index (χ2n) is 7.48. The van der Waals surface area contributed by atoms with Crippen LogP contribution < -0.4 is 15.2 Å². The van der Waals surface area contributed by atoms with Gasteiger partial charge in [0, 0.05) is 33.4 Å². The lowest BCUT2D eigenvalue weighted by Crippen LogP contribution is -2.18. The molecule has 2 N–H and O–H groups in total. The summed E-state index contributed by atoms with van der Waals surface area (Å²) >= 11 is 22.1. The molecule has 3 rings (SSSR count). The summed E-state index contributed by atoms with van der Waals surface area (Å²) in [4.78, 5) is 58.6. The van der Waals surface area contributed by atoms with Gasteiger partial charge >= 0.3 is 0 Å². The molecule has 1 amide bonds. The summed E-state index contributed by atoms with van der Waals surface area (Å²) in [5, 5.41) is -3.28. The molecule has 12 heteroatoms. The number of hydrogen-bond acceptors (Lipinski definition) is 7. The first kappa shape index (κ1) is 28.1. The fourth-order valence-electron chi connectivity index (χ4n) is 3.35. The van der Waals surface area contributed by atoms with E-state index in [0.29, 0.717) is 11.1 Å². The monoisotopic (exact) mass is 581 g/mol. The lowest BCUT2D eigenvalue weighted by atomic mass is 10.0. The van der Waals surface area contributed by atoms with E-state index < -0.39 is 26.9 Å². The summed E-state index contributed by atoms with van der Waals surface area (Å²) in [7, 11) is 0. The van der Waals surface area contributed by atoms with Crippen molar-refractivity contribution in [2.45, 2.75) is 13.2 Å². The molecule has 0 radical (unpaired) electrons. The second-order valence-corrected chi connectivity index (χ2v) is 8.85. The maximum Gasteiger partial charge on any atom is 0.252 e. The number of carbonyl (C=O) groups is 5. The predicted molar refractivity (Wildman–Crippen MR) is 137 cm³/mol. The summed E-state index contributed by atoms with van der Waals surface area (Å²) in [6, 6.07) is 12.5. The number of nitrogens with two attached hydrogens (primary N) is 1. The van der Waals surface area contributed by atoms with Gasteiger partial charge in [0.25, 0.3) is 21.0 Å². The fraction of sp³-hybridized carbons (Fsp3) is 0.0800. The average molecular weight is 583 g/mol. The molecule has 3 aromatic carbocycles. The normalized spacial score (nSPS) is 10.5. The van der Waals surface area contributed by atoms with Crippen LogP contribution in [0.1, 0.15) is 62.9 Å². The van der Waals surface area contributed by atoms with E-state index in [1.807, 2.05) is 0 Å². The quantitative estimate of drug-likeness (QED) is 0.297. The van der Waals surface area contributed by atoms with Gasteiger partial charge in [-0.25, -0.2) is 0 Å². The maximum absolute atomic E-state index is 12.3. The minimum Gasteiger partial charge on any atom is -0.489 e. The van der Waals surface area contributed by atoms with Crippen LogP contribution in [-0.4, -0.2) is 26.9 Å². The Morgan fingerprint density at radius 2 is 0.919 bits per heavy atom. The highest BCUT2D eigenvalue weighted by Crippen LogP contribution is 2.25. The topological polar surface area (TPSA) is 130 Å². The van der Waals surface area contributed by atoms with Gasteiger partial charge in [-0.05, 0) is 82.8 Å². The number of halogens is 4. The van der Waals surface area contributed by atoms with E-state index in [9.17, 15) is 24.0 Å². The van der Waals surface area contributed by atoms with Gasteiger partial charge in [0.2, 0.25) is 5.91 Å². The second kappa shape index (κ2) is 12.2. The van der Waals surface area contributed by atoms with Crippen LogP contribution >= 0.6 is 46.4 Å². The van der Waals surface area contributed by atoms with Crippen molar-refractivity contribution in [2.24, 2.45) is 5.73 Å². The van der Waals surface area contributed by atoms with Crippen LogP contribution in [-0.2, 0) is 13.2 Å². The number of carbonyl (C=O) groups excluding carboxylic acids is 5. The van der Waals surface area contributed by atoms with Gasteiger partial charge in [-0.2, -0.15) is 0 Å². The first-order valence-corrected chi connectivity index (χ1v) is 11.7. The Labute approximate surface area is 230 Å². The molecule has 0 aliphatic rings. The largest absolute Gasteiger partial charge is 0.489 e. The van der Waals surface area contributed by atoms with E-state index in [1.165, 1.54) is 36.4 Å². The van der Waals surface area contributed by atoms with Gasteiger partial charge in [-0.1, -0.05) is 18.2 Å². The highest BCUT2D eigenvalue weighted by atomic mass is 35.5. The van der Waals surface area contributed by atoms with Crippen LogP contribution in [0.5, 0.6) is 11.5 Å². The summed E-state index contributed by atoms with van der Waals surface area (Å²) in [6.45, 7) is -0.355. The van der Waals surface area contributed by atoms with Crippen molar-refractivity contribution in [3.8, 4) is 11.5 Å². The van der Waals surface area contributed by atoms with Crippen molar-refractivity contribution >= 4 is 73.3 Å². The van der Waals surface area contributed by atoms with E-state index in [2.05, 4.69) is 0 Å². The Morgan fingerprint density at radius 1 is 0.595 bits per heavy atom. The SMILES string of the molecule is NC(=O)c1c(COc2cc(C(=O)Cl)cc(C(=O)Cl)c2)cccc1COc1cc(C(=O)Cl)cc(C(=O)Cl)c1. The Hall–Kier alpha value is -3.43. The number of ether oxygens (including phenoxy) is 2. The predicted octanol–water partition coefficient (Wildman–Crippen LogP) is 5.46. The molecular formula is C25H15Cl4NO7. The van der Waals surface area contributed by atoms with Gasteiger partial charge in [-0.3, -0.25) is 24.0 Å². The number of rotatable bonds is 11. The Morgan fingerprint density at radius 3 is 1.19 bits per heavy atom. The zero-order chi connectivity index (χ0) is 27.3. The average Bonchev–Trinajstić information content (AvgIpc) is 2.85. The molecule has 3 aromatic rings. The standard InChI is InChI=1S/C25H15Cl4NO7/c26-21(31)14-4-15(22(27)32)7-18(6-14)36-10-12-2-1-3-13(20(12)25(30)35)11-37-19-8-16(23(28)33)5-17(9-19)24(29)34/h1-9H,10-11H2,(H2,30,35). The minimum absolute atomic E-state index is 0.00658. The molecule has 0 saturated heterocycles. The zero-order valence-corrected chi connectivity index (χ0v) is 21.6. The Balaban J connectivity index is 1.88. The van der Waals surface area contributed by atoms with Gasteiger partial charge in [-0.15, -0.1) is 0 Å². The first-order chi connectivity index (χ1) is 17.5.